The van der Waals surface area contributed by atoms with Crippen molar-refractivity contribution in [2.75, 3.05) is 4.90 Å². The molecule has 28 heavy (non-hydrogen) atoms. The van der Waals surface area contributed by atoms with Crippen LogP contribution >= 0.6 is 0 Å². The number of aromatic nitrogens is 3. The van der Waals surface area contributed by atoms with E-state index in [-0.39, 0.29) is 5.91 Å². The van der Waals surface area contributed by atoms with Crippen LogP contribution in [0.3, 0.4) is 0 Å². The Morgan fingerprint density at radius 1 is 0.679 bits per heavy atom. The Morgan fingerprint density at radius 3 is 1.89 bits per heavy atom. The van der Waals surface area contributed by atoms with E-state index in [9.17, 15) is 4.79 Å². The predicted octanol–water partition coefficient (Wildman–Crippen LogP) is 4.58. The Kier molecular flexibility index (Phi) is 3.98. The number of carbonyl (C=O) groups is 1. The van der Waals surface area contributed by atoms with Crippen molar-refractivity contribution in [2.24, 2.45) is 0 Å². The van der Waals surface area contributed by atoms with Crippen molar-refractivity contribution >= 4 is 34.0 Å². The Bertz CT molecular complexity index is 1150. The molecule has 0 unspecified atom stereocenters. The van der Waals surface area contributed by atoms with Crippen molar-refractivity contribution in [1.29, 1.82) is 0 Å². The molecule has 0 atom stereocenters. The van der Waals surface area contributed by atoms with Gasteiger partial charge in [0.05, 0.1) is 11.4 Å². The van der Waals surface area contributed by atoms with E-state index >= 15 is 0 Å². The number of fused-ring (bicyclic) bond motifs is 1. The molecule has 5 nitrogen and oxygen atoms in total. The second kappa shape index (κ2) is 6.78. The highest BCUT2D eigenvalue weighted by molar-refractivity contribution is 6.12. The van der Waals surface area contributed by atoms with Crippen molar-refractivity contribution in [1.82, 2.24) is 15.0 Å². The molecule has 0 N–H and O–H groups in total. The van der Waals surface area contributed by atoms with Gasteiger partial charge in [0.2, 0.25) is 5.91 Å². The fourth-order valence-electron chi connectivity index (χ4n) is 3.63. The third-order valence-electron chi connectivity index (χ3n) is 4.91. The molecule has 1 amide bonds. The van der Waals surface area contributed by atoms with E-state index in [0.717, 1.165) is 33.7 Å². The van der Waals surface area contributed by atoms with Gasteiger partial charge in [-0.25, -0.2) is 0 Å². The molecule has 1 aliphatic rings. The fraction of sp³-hybridized carbons (Fsp3) is 0.0870. The standard InChI is InChI=1S/C23H18N4O/c28-22-16-15-21(27-24-19-13-7-8-14-20(19)25-27)23(17-9-3-1-4-10-17)26(22)18-11-5-2-6-12-18/h1-14H,15-16H2. The van der Waals surface area contributed by atoms with E-state index in [1.165, 1.54) is 0 Å². The predicted molar refractivity (Wildman–Crippen MR) is 110 cm³/mol. The molecule has 5 rings (SSSR count). The molecule has 1 aromatic heterocycles. The monoisotopic (exact) mass is 366 g/mol. The first kappa shape index (κ1) is 16.4. The fourth-order valence-corrected chi connectivity index (χ4v) is 3.63. The highest BCUT2D eigenvalue weighted by Crippen LogP contribution is 2.37. The number of allylic oxidation sites excluding steroid dienone is 1. The summed E-state index contributed by atoms with van der Waals surface area (Å²) in [5.41, 5.74) is 5.25. The van der Waals surface area contributed by atoms with Gasteiger partial charge >= 0.3 is 0 Å². The van der Waals surface area contributed by atoms with E-state index in [1.807, 2.05) is 84.9 Å². The quantitative estimate of drug-likeness (QED) is 0.533. The number of nitrogens with zero attached hydrogens (tertiary/aromatic N) is 4. The maximum absolute atomic E-state index is 13.0. The first-order valence-corrected chi connectivity index (χ1v) is 9.30. The van der Waals surface area contributed by atoms with Crippen LogP contribution < -0.4 is 4.90 Å². The van der Waals surface area contributed by atoms with E-state index < -0.39 is 0 Å². The van der Waals surface area contributed by atoms with Gasteiger partial charge < -0.3 is 0 Å². The summed E-state index contributed by atoms with van der Waals surface area (Å²) in [6.07, 6.45) is 1.01. The molecule has 0 saturated carbocycles. The first-order chi connectivity index (χ1) is 13.8. The van der Waals surface area contributed by atoms with Crippen molar-refractivity contribution in [3.63, 3.8) is 0 Å². The van der Waals surface area contributed by atoms with E-state index in [1.54, 1.807) is 9.70 Å². The lowest BCUT2D eigenvalue weighted by molar-refractivity contribution is -0.117. The van der Waals surface area contributed by atoms with Gasteiger partial charge in [-0.1, -0.05) is 60.7 Å². The number of carbonyl (C=O) groups excluding carboxylic acids is 1. The molecule has 0 saturated heterocycles. The molecule has 1 aliphatic heterocycles. The van der Waals surface area contributed by atoms with Crippen molar-refractivity contribution < 1.29 is 4.79 Å². The number of rotatable bonds is 3. The zero-order valence-corrected chi connectivity index (χ0v) is 15.2. The number of hydrogen-bond acceptors (Lipinski definition) is 3. The largest absolute Gasteiger partial charge is 0.279 e. The Labute approximate surface area is 162 Å². The molecule has 136 valence electrons. The van der Waals surface area contributed by atoms with Crippen LogP contribution in [-0.2, 0) is 4.79 Å². The molecular weight excluding hydrogens is 348 g/mol. The molecule has 0 spiro atoms. The van der Waals surface area contributed by atoms with Crippen molar-refractivity contribution in [3.05, 3.63) is 90.5 Å². The van der Waals surface area contributed by atoms with Gasteiger partial charge in [-0.2, -0.15) is 4.80 Å². The summed E-state index contributed by atoms with van der Waals surface area (Å²) < 4.78 is 0. The summed E-state index contributed by atoms with van der Waals surface area (Å²) in [6.45, 7) is 0. The van der Waals surface area contributed by atoms with Gasteiger partial charge in [-0.05, 0) is 24.3 Å². The topological polar surface area (TPSA) is 51.0 Å². The number of benzene rings is 3. The normalized spacial score (nSPS) is 14.7. The average molecular weight is 366 g/mol. The van der Waals surface area contributed by atoms with Gasteiger partial charge in [-0.3, -0.25) is 9.69 Å². The molecule has 5 heteroatoms. The number of para-hydroxylation sites is 1. The van der Waals surface area contributed by atoms with Crippen LogP contribution in [0.2, 0.25) is 0 Å². The highest BCUT2D eigenvalue weighted by Gasteiger charge is 2.31. The minimum atomic E-state index is 0.0746. The summed E-state index contributed by atoms with van der Waals surface area (Å²) in [6, 6.07) is 27.5. The van der Waals surface area contributed by atoms with Crippen LogP contribution in [0.25, 0.3) is 22.4 Å². The smallest absolute Gasteiger partial charge is 0.232 e. The van der Waals surface area contributed by atoms with Gasteiger partial charge in [0, 0.05) is 24.1 Å². The lowest BCUT2D eigenvalue weighted by atomic mass is 10.0. The zero-order valence-electron chi connectivity index (χ0n) is 15.2. The Morgan fingerprint density at radius 2 is 1.25 bits per heavy atom. The van der Waals surface area contributed by atoms with Crippen LogP contribution in [0.5, 0.6) is 0 Å². The average Bonchev–Trinajstić information content (AvgIpc) is 3.19. The van der Waals surface area contributed by atoms with E-state index in [2.05, 4.69) is 10.2 Å². The number of anilines is 1. The van der Waals surface area contributed by atoms with Crippen LogP contribution in [0.4, 0.5) is 5.69 Å². The maximum atomic E-state index is 13.0. The zero-order chi connectivity index (χ0) is 18.9. The van der Waals surface area contributed by atoms with Gasteiger partial charge in [0.15, 0.2) is 0 Å². The third kappa shape index (κ3) is 2.77. The summed E-state index contributed by atoms with van der Waals surface area (Å²) in [7, 11) is 0. The summed E-state index contributed by atoms with van der Waals surface area (Å²) in [5, 5.41) is 9.35. The van der Waals surface area contributed by atoms with Crippen LogP contribution in [0, 0.1) is 0 Å². The maximum Gasteiger partial charge on any atom is 0.232 e. The SMILES string of the molecule is O=C1CCC(n2nc3ccccc3n2)=C(c2ccccc2)N1c1ccccc1. The minimum absolute atomic E-state index is 0.0746. The lowest BCUT2D eigenvalue weighted by Gasteiger charge is -2.32. The van der Waals surface area contributed by atoms with Gasteiger partial charge in [-0.15, -0.1) is 10.2 Å². The van der Waals surface area contributed by atoms with Crippen molar-refractivity contribution in [3.8, 4) is 0 Å². The van der Waals surface area contributed by atoms with Crippen LogP contribution in [-0.4, -0.2) is 20.9 Å². The van der Waals surface area contributed by atoms with E-state index in [0.29, 0.717) is 12.8 Å². The molecule has 0 aliphatic carbocycles. The van der Waals surface area contributed by atoms with E-state index in [4.69, 9.17) is 0 Å². The Balaban J connectivity index is 1.77. The number of amides is 1. The van der Waals surface area contributed by atoms with Crippen molar-refractivity contribution in [2.45, 2.75) is 12.8 Å². The molecule has 0 fully saturated rings. The summed E-state index contributed by atoms with van der Waals surface area (Å²) in [5.74, 6) is 0.0746. The second-order valence-electron chi connectivity index (χ2n) is 6.70. The molecule has 0 bridgehead atoms. The minimum Gasteiger partial charge on any atom is -0.279 e. The molecule has 4 aromatic rings. The Hall–Kier alpha value is -3.73. The number of hydrogen-bond donors (Lipinski definition) is 0. The van der Waals surface area contributed by atoms with Crippen LogP contribution in [0.15, 0.2) is 84.9 Å². The second-order valence-corrected chi connectivity index (χ2v) is 6.70. The molecular formula is C23H18N4O. The first-order valence-electron chi connectivity index (χ1n) is 9.30. The molecule has 0 radical (unpaired) electrons. The summed E-state index contributed by atoms with van der Waals surface area (Å²) in [4.78, 5) is 16.5. The van der Waals surface area contributed by atoms with Gasteiger partial charge in [0.25, 0.3) is 0 Å². The lowest BCUT2D eigenvalue weighted by Crippen LogP contribution is -2.34. The van der Waals surface area contributed by atoms with Gasteiger partial charge in [0.1, 0.15) is 11.0 Å². The van der Waals surface area contributed by atoms with Crippen LogP contribution in [0.1, 0.15) is 18.4 Å². The molecule has 3 aromatic carbocycles. The third-order valence-corrected chi connectivity index (χ3v) is 4.91. The summed E-state index contributed by atoms with van der Waals surface area (Å²) >= 11 is 0. The molecule has 2 heterocycles. The highest BCUT2D eigenvalue weighted by atomic mass is 16.2.